The molecular weight excluding hydrogens is 380 g/mol. The number of nitrogens with two attached hydrogens (primary N) is 1. The van der Waals surface area contributed by atoms with Crippen molar-refractivity contribution in [2.24, 2.45) is 5.73 Å². The van der Waals surface area contributed by atoms with Crippen LogP contribution in [0.15, 0.2) is 78.9 Å². The van der Waals surface area contributed by atoms with Gasteiger partial charge in [-0.1, -0.05) is 72.8 Å². The van der Waals surface area contributed by atoms with Crippen LogP contribution in [0.1, 0.15) is 32.3 Å². The SMILES string of the molecule is Cc1ccccc1C(=O)CN1C(=O)C(N)SC(c2ccccc2)c2ccccc21. The Morgan fingerprint density at radius 3 is 2.38 bits per heavy atom. The normalized spacial score (nSPS) is 18.8. The molecule has 4 nitrogen and oxygen atoms in total. The summed E-state index contributed by atoms with van der Waals surface area (Å²) in [4.78, 5) is 27.7. The molecule has 5 heteroatoms. The van der Waals surface area contributed by atoms with Crippen LogP contribution in [-0.4, -0.2) is 23.6 Å². The molecule has 1 heterocycles. The molecule has 0 aromatic heterocycles. The Labute approximate surface area is 174 Å². The maximum Gasteiger partial charge on any atom is 0.254 e. The summed E-state index contributed by atoms with van der Waals surface area (Å²) in [7, 11) is 0. The molecule has 4 rings (SSSR count). The highest BCUT2D eigenvalue weighted by Crippen LogP contribution is 2.44. The van der Waals surface area contributed by atoms with E-state index < -0.39 is 5.37 Å². The fraction of sp³-hybridized carbons (Fsp3) is 0.167. The smallest absolute Gasteiger partial charge is 0.254 e. The molecule has 3 aromatic carbocycles. The monoisotopic (exact) mass is 402 g/mol. The van der Waals surface area contributed by atoms with Crippen LogP contribution in [-0.2, 0) is 4.79 Å². The molecule has 146 valence electrons. The summed E-state index contributed by atoms with van der Waals surface area (Å²) in [5.41, 5.74) is 10.6. The lowest BCUT2D eigenvalue weighted by Crippen LogP contribution is -2.44. The number of rotatable bonds is 4. The summed E-state index contributed by atoms with van der Waals surface area (Å²) >= 11 is 1.42. The van der Waals surface area contributed by atoms with Gasteiger partial charge in [-0.05, 0) is 29.7 Å². The number of hydrogen-bond acceptors (Lipinski definition) is 4. The number of ketones is 1. The van der Waals surface area contributed by atoms with Gasteiger partial charge in [0.15, 0.2) is 5.78 Å². The highest BCUT2D eigenvalue weighted by atomic mass is 32.2. The maximum absolute atomic E-state index is 13.2. The molecular formula is C24H22N2O2S. The van der Waals surface area contributed by atoms with Crippen molar-refractivity contribution in [2.75, 3.05) is 11.4 Å². The topological polar surface area (TPSA) is 63.4 Å². The van der Waals surface area contributed by atoms with Gasteiger partial charge in [0.1, 0.15) is 5.37 Å². The summed E-state index contributed by atoms with van der Waals surface area (Å²) < 4.78 is 0. The number of carbonyl (C=O) groups is 2. The van der Waals surface area contributed by atoms with Gasteiger partial charge in [0.05, 0.1) is 11.8 Å². The minimum atomic E-state index is -0.753. The third kappa shape index (κ3) is 3.84. The van der Waals surface area contributed by atoms with E-state index in [0.717, 1.165) is 22.4 Å². The second-order valence-corrected chi connectivity index (χ2v) is 8.32. The van der Waals surface area contributed by atoms with E-state index in [0.29, 0.717) is 5.56 Å². The first-order valence-electron chi connectivity index (χ1n) is 9.51. The molecule has 0 spiro atoms. The largest absolute Gasteiger partial charge is 0.311 e. The summed E-state index contributed by atoms with van der Waals surface area (Å²) in [6, 6.07) is 25.2. The second-order valence-electron chi connectivity index (χ2n) is 7.07. The average molecular weight is 403 g/mol. The molecule has 3 aromatic rings. The minimum Gasteiger partial charge on any atom is -0.311 e. The zero-order chi connectivity index (χ0) is 20.4. The number of aryl methyl sites for hydroxylation is 1. The van der Waals surface area contributed by atoms with E-state index in [4.69, 9.17) is 5.73 Å². The van der Waals surface area contributed by atoms with Crippen molar-refractivity contribution >= 4 is 29.1 Å². The van der Waals surface area contributed by atoms with Gasteiger partial charge in [-0.3, -0.25) is 9.59 Å². The maximum atomic E-state index is 13.2. The fourth-order valence-corrected chi connectivity index (χ4v) is 4.87. The lowest BCUT2D eigenvalue weighted by Gasteiger charge is -2.24. The number of thioether (sulfide) groups is 1. The molecule has 29 heavy (non-hydrogen) atoms. The zero-order valence-electron chi connectivity index (χ0n) is 16.1. The first-order chi connectivity index (χ1) is 14.1. The number of benzene rings is 3. The van der Waals surface area contributed by atoms with Crippen LogP contribution in [0, 0.1) is 6.92 Å². The number of Topliss-reactive ketones (excluding diaryl/α,β-unsaturated/α-hetero) is 1. The lowest BCUT2D eigenvalue weighted by molar-refractivity contribution is -0.117. The third-order valence-electron chi connectivity index (χ3n) is 5.15. The predicted molar refractivity (Wildman–Crippen MR) is 118 cm³/mol. The molecule has 1 aliphatic heterocycles. The van der Waals surface area contributed by atoms with Gasteiger partial charge in [-0.25, -0.2) is 0 Å². The van der Waals surface area contributed by atoms with Gasteiger partial charge in [-0.2, -0.15) is 0 Å². The molecule has 1 aliphatic rings. The van der Waals surface area contributed by atoms with Crippen molar-refractivity contribution in [3.05, 3.63) is 101 Å². The molecule has 0 bridgehead atoms. The average Bonchev–Trinajstić information content (AvgIpc) is 2.85. The quantitative estimate of drug-likeness (QED) is 0.660. The Morgan fingerprint density at radius 2 is 1.62 bits per heavy atom. The van der Waals surface area contributed by atoms with Crippen molar-refractivity contribution in [3.63, 3.8) is 0 Å². The number of anilines is 1. The van der Waals surface area contributed by atoms with Crippen LogP contribution in [0.25, 0.3) is 0 Å². The van der Waals surface area contributed by atoms with Gasteiger partial charge in [0.2, 0.25) is 0 Å². The number of hydrogen-bond donors (Lipinski definition) is 1. The number of nitrogens with zero attached hydrogens (tertiary/aromatic N) is 1. The number of para-hydroxylation sites is 1. The van der Waals surface area contributed by atoms with Gasteiger partial charge in [0.25, 0.3) is 5.91 Å². The van der Waals surface area contributed by atoms with E-state index in [2.05, 4.69) is 0 Å². The van der Waals surface area contributed by atoms with E-state index >= 15 is 0 Å². The molecule has 0 fully saturated rings. The Balaban J connectivity index is 1.76. The number of carbonyl (C=O) groups excluding carboxylic acids is 2. The Morgan fingerprint density at radius 1 is 0.966 bits per heavy atom. The molecule has 2 N–H and O–H groups in total. The van der Waals surface area contributed by atoms with Crippen LogP contribution in [0.3, 0.4) is 0 Å². The number of amides is 1. The van der Waals surface area contributed by atoms with E-state index in [9.17, 15) is 9.59 Å². The molecule has 2 atom stereocenters. The van der Waals surface area contributed by atoms with Gasteiger partial charge in [0, 0.05) is 11.3 Å². The van der Waals surface area contributed by atoms with Gasteiger partial charge >= 0.3 is 0 Å². The number of fused-ring (bicyclic) bond motifs is 1. The van der Waals surface area contributed by atoms with Crippen LogP contribution >= 0.6 is 11.8 Å². The minimum absolute atomic E-state index is 0.0313. The molecule has 0 saturated carbocycles. The lowest BCUT2D eigenvalue weighted by atomic mass is 10.0. The van der Waals surface area contributed by atoms with Gasteiger partial charge in [-0.15, -0.1) is 11.8 Å². The standard InChI is InChI=1S/C24H22N2O2S/c1-16-9-5-6-12-18(16)21(27)15-26-20-14-8-7-13-19(20)22(29-23(25)24(26)28)17-10-3-2-4-11-17/h2-14,22-23H,15,25H2,1H3. The van der Waals surface area contributed by atoms with Crippen molar-refractivity contribution in [1.29, 1.82) is 0 Å². The van der Waals surface area contributed by atoms with Crippen LogP contribution in [0.2, 0.25) is 0 Å². The highest BCUT2D eigenvalue weighted by molar-refractivity contribution is 8.01. The molecule has 0 radical (unpaired) electrons. The first-order valence-corrected chi connectivity index (χ1v) is 10.5. The zero-order valence-corrected chi connectivity index (χ0v) is 16.9. The summed E-state index contributed by atoms with van der Waals surface area (Å²) in [6.07, 6.45) is 0. The molecule has 0 saturated heterocycles. The first kappa shape index (κ1) is 19.4. The Hall–Kier alpha value is -2.89. The van der Waals surface area contributed by atoms with Crippen molar-refractivity contribution in [1.82, 2.24) is 0 Å². The van der Waals surface area contributed by atoms with E-state index in [-0.39, 0.29) is 23.5 Å². The second kappa shape index (κ2) is 8.23. The highest BCUT2D eigenvalue weighted by Gasteiger charge is 2.35. The van der Waals surface area contributed by atoms with E-state index in [1.54, 1.807) is 11.0 Å². The van der Waals surface area contributed by atoms with Crippen LogP contribution < -0.4 is 10.6 Å². The van der Waals surface area contributed by atoms with Crippen LogP contribution in [0.5, 0.6) is 0 Å². The molecule has 2 unspecified atom stereocenters. The third-order valence-corrected chi connectivity index (χ3v) is 6.44. The Kier molecular flexibility index (Phi) is 5.51. The van der Waals surface area contributed by atoms with E-state index in [1.165, 1.54) is 11.8 Å². The summed E-state index contributed by atoms with van der Waals surface area (Å²) in [6.45, 7) is 1.87. The van der Waals surface area contributed by atoms with Crippen molar-refractivity contribution in [2.45, 2.75) is 17.5 Å². The van der Waals surface area contributed by atoms with E-state index in [1.807, 2.05) is 79.7 Å². The summed E-state index contributed by atoms with van der Waals surface area (Å²) in [5.74, 6) is -0.343. The Bertz CT molecular complexity index is 1050. The van der Waals surface area contributed by atoms with Crippen molar-refractivity contribution in [3.8, 4) is 0 Å². The molecule has 0 aliphatic carbocycles. The molecule has 1 amide bonds. The van der Waals surface area contributed by atoms with Gasteiger partial charge < -0.3 is 10.6 Å². The van der Waals surface area contributed by atoms with Crippen LogP contribution in [0.4, 0.5) is 5.69 Å². The summed E-state index contributed by atoms with van der Waals surface area (Å²) in [5, 5.41) is -0.831. The van der Waals surface area contributed by atoms with Crippen molar-refractivity contribution < 1.29 is 9.59 Å². The predicted octanol–water partition coefficient (Wildman–Crippen LogP) is 4.33. The fourth-order valence-electron chi connectivity index (χ4n) is 3.67.